The first-order valence-electron chi connectivity index (χ1n) is 7.48. The maximum atomic E-state index is 6.05. The van der Waals surface area contributed by atoms with Crippen LogP contribution in [0, 0.1) is 0 Å². The Bertz CT molecular complexity index is 734. The molecule has 1 aliphatic carbocycles. The molecule has 0 nitrogen and oxygen atoms in total. The van der Waals surface area contributed by atoms with E-state index in [9.17, 15) is 0 Å². The van der Waals surface area contributed by atoms with E-state index in [1.165, 1.54) is 27.8 Å². The molecule has 0 spiro atoms. The van der Waals surface area contributed by atoms with Crippen molar-refractivity contribution in [2.45, 2.75) is 45.4 Å². The molecule has 0 N–H and O–H groups in total. The lowest BCUT2D eigenvalue weighted by Gasteiger charge is -2.30. The quantitative estimate of drug-likeness (QED) is 0.646. The summed E-state index contributed by atoms with van der Waals surface area (Å²) >= 11 is 0. The van der Waals surface area contributed by atoms with E-state index in [0.717, 1.165) is 0 Å². The second-order valence-electron chi connectivity index (χ2n) is 7.63. The van der Waals surface area contributed by atoms with Crippen LogP contribution in [0.1, 0.15) is 51.3 Å². The first kappa shape index (κ1) is 14.5. The number of fused-ring (bicyclic) bond motifs is 3. The molecule has 0 bridgehead atoms. The van der Waals surface area contributed by atoms with Crippen molar-refractivity contribution in [2.75, 3.05) is 0 Å². The van der Waals surface area contributed by atoms with Crippen LogP contribution in [0.2, 0.25) is 0 Å². The first-order chi connectivity index (χ1) is 9.64. The fourth-order valence-corrected chi connectivity index (χ4v) is 3.58. The van der Waals surface area contributed by atoms with Crippen LogP contribution >= 0.6 is 0 Å². The summed E-state index contributed by atoms with van der Waals surface area (Å²) < 4.78 is 0. The van der Waals surface area contributed by atoms with E-state index in [1.54, 1.807) is 0 Å². The molecule has 21 heavy (non-hydrogen) atoms. The molecule has 2 aromatic carbocycles. The molecule has 2 heteroatoms. The maximum absolute atomic E-state index is 6.05. The van der Waals surface area contributed by atoms with Gasteiger partial charge in [0.25, 0.3) is 0 Å². The van der Waals surface area contributed by atoms with Gasteiger partial charge >= 0.3 is 0 Å². The zero-order valence-corrected chi connectivity index (χ0v) is 13.5. The summed E-state index contributed by atoms with van der Waals surface area (Å²) in [6, 6.07) is 10.7. The molecule has 0 fully saturated rings. The van der Waals surface area contributed by atoms with Crippen molar-refractivity contribution in [1.82, 2.24) is 0 Å². The predicted molar refractivity (Wildman–Crippen MR) is 93.5 cm³/mol. The monoisotopic (exact) mass is 270 g/mol. The third-order valence-electron chi connectivity index (χ3n) is 4.68. The molecule has 4 radical (unpaired) electrons. The van der Waals surface area contributed by atoms with Gasteiger partial charge in [0, 0.05) is 5.41 Å². The Morgan fingerprint density at radius 3 is 2.14 bits per heavy atom. The van der Waals surface area contributed by atoms with Crippen LogP contribution < -0.4 is 10.9 Å². The topological polar surface area (TPSA) is 0 Å². The molecule has 102 valence electrons. The van der Waals surface area contributed by atoms with E-state index in [4.69, 9.17) is 15.7 Å². The van der Waals surface area contributed by atoms with Gasteiger partial charge in [-0.25, -0.2) is 0 Å². The van der Waals surface area contributed by atoms with Gasteiger partial charge in [0.2, 0.25) is 0 Å². The van der Waals surface area contributed by atoms with Crippen molar-refractivity contribution in [2.24, 2.45) is 0 Å². The number of hydrogen-bond acceptors (Lipinski definition) is 0. The largest absolute Gasteiger partial charge is 0.113 e. The highest BCUT2D eigenvalue weighted by Crippen LogP contribution is 2.51. The number of rotatable bonds is 0. The lowest BCUT2D eigenvalue weighted by atomic mass is 9.72. The molecular weight excluding hydrogens is 250 g/mol. The van der Waals surface area contributed by atoms with Gasteiger partial charge in [-0.1, -0.05) is 65.0 Å². The molecule has 0 amide bonds. The highest BCUT2D eigenvalue weighted by Gasteiger charge is 2.39. The molecule has 0 aliphatic heterocycles. The van der Waals surface area contributed by atoms with Gasteiger partial charge in [-0.3, -0.25) is 0 Å². The van der Waals surface area contributed by atoms with E-state index >= 15 is 0 Å². The summed E-state index contributed by atoms with van der Waals surface area (Å²) in [5, 5.41) is 0. The molecule has 0 unspecified atom stereocenters. The van der Waals surface area contributed by atoms with Crippen LogP contribution in [0.15, 0.2) is 30.3 Å². The highest BCUT2D eigenvalue weighted by atomic mass is 14.4. The zero-order chi connectivity index (χ0) is 15.6. The summed E-state index contributed by atoms with van der Waals surface area (Å²) in [5.41, 5.74) is 8.03. The minimum Gasteiger partial charge on any atom is -0.103 e. The van der Waals surface area contributed by atoms with Crippen LogP contribution in [0.25, 0.3) is 11.1 Å². The Balaban J connectivity index is 2.40. The average molecular weight is 270 g/mol. The predicted octanol–water partition coefficient (Wildman–Crippen LogP) is 2.88. The fourth-order valence-electron chi connectivity index (χ4n) is 3.58. The van der Waals surface area contributed by atoms with Crippen LogP contribution in [-0.2, 0) is 10.8 Å². The molecule has 1 aliphatic rings. The van der Waals surface area contributed by atoms with E-state index in [-0.39, 0.29) is 10.8 Å². The van der Waals surface area contributed by atoms with Crippen LogP contribution in [-0.4, -0.2) is 15.7 Å². The Morgan fingerprint density at radius 1 is 0.905 bits per heavy atom. The first-order valence-corrected chi connectivity index (χ1v) is 7.48. The van der Waals surface area contributed by atoms with Gasteiger partial charge in [0.15, 0.2) is 0 Å². The van der Waals surface area contributed by atoms with E-state index < -0.39 is 0 Å². The van der Waals surface area contributed by atoms with E-state index in [1.807, 2.05) is 6.07 Å². The normalized spacial score (nSPS) is 15.7. The van der Waals surface area contributed by atoms with Gasteiger partial charge in [-0.15, -0.1) is 10.9 Å². The molecule has 2 aromatic rings. The Hall–Kier alpha value is -1.43. The van der Waals surface area contributed by atoms with Crippen LogP contribution in [0.5, 0.6) is 0 Å². The van der Waals surface area contributed by atoms with E-state index in [2.05, 4.69) is 58.9 Å². The third kappa shape index (κ3) is 1.99. The molecule has 0 saturated carbocycles. The zero-order valence-electron chi connectivity index (χ0n) is 13.5. The summed E-state index contributed by atoms with van der Waals surface area (Å²) in [7, 11) is 12.1. The SMILES string of the molecule is [B]c1cc2c(cc1[B])C(C)(C)c1c-2cccc1C(C)(C)C. The molecule has 3 rings (SSSR count). The van der Waals surface area contributed by atoms with Gasteiger partial charge in [-0.05, 0) is 33.2 Å². The molecular formula is C19H20B2. The molecule has 0 saturated heterocycles. The summed E-state index contributed by atoms with van der Waals surface area (Å²) in [6.45, 7) is 11.4. The van der Waals surface area contributed by atoms with Crippen molar-refractivity contribution in [1.29, 1.82) is 0 Å². The minimum absolute atomic E-state index is 0.0453. The second kappa shape index (κ2) is 4.29. The Labute approximate surface area is 130 Å². The van der Waals surface area contributed by atoms with Gasteiger partial charge in [-0.2, -0.15) is 0 Å². The van der Waals surface area contributed by atoms with Gasteiger partial charge in [0.05, 0.1) is 0 Å². The molecule has 0 heterocycles. The standard InChI is InChI=1S/C19H20B2/c1-18(2,3)13-8-6-7-11-12-9-15(20)16(21)10-14(12)19(4,5)17(11)13/h6-10H,1-5H3. The smallest absolute Gasteiger partial charge is 0.103 e. The Morgan fingerprint density at radius 2 is 1.52 bits per heavy atom. The van der Waals surface area contributed by atoms with Crippen molar-refractivity contribution in [3.05, 3.63) is 47.0 Å². The Kier molecular flexibility index (Phi) is 2.96. The fraction of sp³-hybridized carbons (Fsp3) is 0.368. The number of benzene rings is 2. The molecule has 0 aromatic heterocycles. The summed E-state index contributed by atoms with van der Waals surface area (Å²) in [5.74, 6) is 0. The van der Waals surface area contributed by atoms with Crippen LogP contribution in [0.3, 0.4) is 0 Å². The summed E-state index contributed by atoms with van der Waals surface area (Å²) in [4.78, 5) is 0. The van der Waals surface area contributed by atoms with Crippen molar-refractivity contribution >= 4 is 26.6 Å². The summed E-state index contributed by atoms with van der Waals surface area (Å²) in [6.07, 6.45) is 0. The highest BCUT2D eigenvalue weighted by molar-refractivity contribution is 6.48. The average Bonchev–Trinajstić information content (AvgIpc) is 2.59. The lowest BCUT2D eigenvalue weighted by Crippen LogP contribution is -2.28. The van der Waals surface area contributed by atoms with Gasteiger partial charge in [0.1, 0.15) is 15.7 Å². The number of hydrogen-bond donors (Lipinski definition) is 0. The van der Waals surface area contributed by atoms with E-state index in [0.29, 0.717) is 10.9 Å². The van der Waals surface area contributed by atoms with Crippen molar-refractivity contribution < 1.29 is 0 Å². The molecule has 0 atom stereocenters. The second-order valence-corrected chi connectivity index (χ2v) is 7.63. The van der Waals surface area contributed by atoms with Crippen LogP contribution in [0.4, 0.5) is 0 Å². The maximum Gasteiger partial charge on any atom is 0.113 e. The third-order valence-corrected chi connectivity index (χ3v) is 4.68. The lowest BCUT2D eigenvalue weighted by molar-refractivity contribution is 0.557. The van der Waals surface area contributed by atoms with Crippen molar-refractivity contribution in [3.63, 3.8) is 0 Å². The van der Waals surface area contributed by atoms with Crippen molar-refractivity contribution in [3.8, 4) is 11.1 Å². The van der Waals surface area contributed by atoms with Gasteiger partial charge < -0.3 is 0 Å². The minimum atomic E-state index is -0.0453.